The monoisotopic (exact) mass is 159 g/mol. The molecule has 0 aromatic carbocycles. The molecule has 1 fully saturated rings. The fourth-order valence-corrected chi connectivity index (χ4v) is 1.21. The largest absolute Gasteiger partial charge is 0.385 e. The first-order valence-corrected chi connectivity index (χ1v) is 4.04. The van der Waals surface area contributed by atoms with Gasteiger partial charge >= 0.3 is 0 Å². The number of nitrogens with one attached hydrogen (secondary N) is 1. The zero-order valence-corrected chi connectivity index (χ0v) is 7.52. The molecule has 0 radical (unpaired) electrons. The van der Waals surface area contributed by atoms with Crippen molar-refractivity contribution in [1.82, 2.24) is 5.32 Å². The van der Waals surface area contributed by atoms with E-state index in [-0.39, 0.29) is 11.8 Å². The number of rotatable bonds is 3. The van der Waals surface area contributed by atoms with Crippen molar-refractivity contribution in [3.63, 3.8) is 0 Å². The van der Waals surface area contributed by atoms with Crippen LogP contribution in [0.3, 0.4) is 0 Å². The minimum absolute atomic E-state index is 0.00158. The summed E-state index contributed by atoms with van der Waals surface area (Å²) < 4.78 is 10.6. The van der Waals surface area contributed by atoms with Crippen LogP contribution in [0, 0.1) is 0 Å². The molecule has 0 bridgehead atoms. The van der Waals surface area contributed by atoms with E-state index in [1.807, 2.05) is 0 Å². The average molecular weight is 159 g/mol. The summed E-state index contributed by atoms with van der Waals surface area (Å²) in [7, 11) is 1.71. The average Bonchev–Trinajstić information content (AvgIpc) is 2.26. The van der Waals surface area contributed by atoms with E-state index in [2.05, 4.69) is 19.2 Å². The number of methoxy groups -OCH3 is 1. The summed E-state index contributed by atoms with van der Waals surface area (Å²) in [6, 6.07) is 0. The lowest BCUT2D eigenvalue weighted by atomic mass is 10.1. The number of hydrogen-bond acceptors (Lipinski definition) is 3. The third-order valence-electron chi connectivity index (χ3n) is 1.80. The highest BCUT2D eigenvalue weighted by Crippen LogP contribution is 2.18. The second-order valence-corrected chi connectivity index (χ2v) is 3.53. The van der Waals surface area contributed by atoms with Gasteiger partial charge in [0.1, 0.15) is 6.23 Å². The van der Waals surface area contributed by atoms with Crippen molar-refractivity contribution in [2.24, 2.45) is 0 Å². The standard InChI is InChI=1S/C8H17NO2/c1-8(2)6-9-7(11-8)4-5-10-3/h7,9H,4-6H2,1-3H3. The van der Waals surface area contributed by atoms with Crippen molar-refractivity contribution >= 4 is 0 Å². The lowest BCUT2D eigenvalue weighted by molar-refractivity contribution is -0.0263. The maximum Gasteiger partial charge on any atom is 0.111 e. The summed E-state index contributed by atoms with van der Waals surface area (Å²) in [5.74, 6) is 0. The van der Waals surface area contributed by atoms with Gasteiger partial charge in [-0.2, -0.15) is 0 Å². The summed E-state index contributed by atoms with van der Waals surface area (Å²) >= 11 is 0. The Hall–Kier alpha value is -0.120. The maximum absolute atomic E-state index is 5.66. The van der Waals surface area contributed by atoms with E-state index < -0.39 is 0 Å². The number of hydrogen-bond donors (Lipinski definition) is 1. The molecule has 66 valence electrons. The van der Waals surface area contributed by atoms with Crippen LogP contribution in [0.15, 0.2) is 0 Å². The van der Waals surface area contributed by atoms with Gasteiger partial charge in [0.15, 0.2) is 0 Å². The fraction of sp³-hybridized carbons (Fsp3) is 1.00. The summed E-state index contributed by atoms with van der Waals surface area (Å²) in [5.41, 5.74) is -0.00158. The van der Waals surface area contributed by atoms with Gasteiger partial charge in [-0.25, -0.2) is 0 Å². The molecule has 1 heterocycles. The first kappa shape index (κ1) is 8.97. The Bertz CT molecular complexity index is 125. The molecule has 0 aliphatic carbocycles. The van der Waals surface area contributed by atoms with E-state index in [4.69, 9.17) is 9.47 Å². The highest BCUT2D eigenvalue weighted by Gasteiger charge is 2.30. The maximum atomic E-state index is 5.66. The Balaban J connectivity index is 2.20. The van der Waals surface area contributed by atoms with Gasteiger partial charge in [0.05, 0.1) is 5.60 Å². The van der Waals surface area contributed by atoms with E-state index in [0.29, 0.717) is 0 Å². The SMILES string of the molecule is COCCC1NCC(C)(C)O1. The molecule has 0 aromatic heterocycles. The molecule has 1 unspecified atom stereocenters. The molecule has 0 aromatic rings. The van der Waals surface area contributed by atoms with Crippen LogP contribution in [-0.4, -0.2) is 32.1 Å². The van der Waals surface area contributed by atoms with Crippen LogP contribution < -0.4 is 5.32 Å². The van der Waals surface area contributed by atoms with Crippen molar-refractivity contribution in [1.29, 1.82) is 0 Å². The van der Waals surface area contributed by atoms with Crippen molar-refractivity contribution in [2.75, 3.05) is 20.3 Å². The van der Waals surface area contributed by atoms with Crippen LogP contribution in [-0.2, 0) is 9.47 Å². The molecular weight excluding hydrogens is 142 g/mol. The third-order valence-corrected chi connectivity index (χ3v) is 1.80. The molecule has 3 nitrogen and oxygen atoms in total. The van der Waals surface area contributed by atoms with E-state index in [1.165, 1.54) is 0 Å². The molecule has 1 aliphatic rings. The second-order valence-electron chi connectivity index (χ2n) is 3.53. The van der Waals surface area contributed by atoms with Gasteiger partial charge in [0, 0.05) is 26.7 Å². The van der Waals surface area contributed by atoms with E-state index in [1.54, 1.807) is 7.11 Å². The van der Waals surface area contributed by atoms with Crippen LogP contribution in [0.1, 0.15) is 20.3 Å². The Labute approximate surface area is 68.1 Å². The van der Waals surface area contributed by atoms with Crippen molar-refractivity contribution in [3.05, 3.63) is 0 Å². The Morgan fingerprint density at radius 3 is 2.82 bits per heavy atom. The topological polar surface area (TPSA) is 30.5 Å². The van der Waals surface area contributed by atoms with Gasteiger partial charge in [-0.15, -0.1) is 0 Å². The summed E-state index contributed by atoms with van der Waals surface area (Å²) in [6.45, 7) is 5.87. The van der Waals surface area contributed by atoms with Gasteiger partial charge in [-0.05, 0) is 13.8 Å². The second kappa shape index (κ2) is 3.52. The van der Waals surface area contributed by atoms with Crippen LogP contribution in [0.4, 0.5) is 0 Å². The molecule has 1 saturated heterocycles. The molecule has 1 atom stereocenters. The highest BCUT2D eigenvalue weighted by molar-refractivity contribution is 4.81. The third kappa shape index (κ3) is 2.77. The summed E-state index contributed by atoms with van der Waals surface area (Å²) in [4.78, 5) is 0. The van der Waals surface area contributed by atoms with Gasteiger partial charge < -0.3 is 9.47 Å². The molecule has 0 amide bonds. The van der Waals surface area contributed by atoms with E-state index in [9.17, 15) is 0 Å². The lowest BCUT2D eigenvalue weighted by Gasteiger charge is -2.17. The number of ether oxygens (including phenoxy) is 2. The molecular formula is C8H17NO2. The fourth-order valence-electron chi connectivity index (χ4n) is 1.21. The normalized spacial score (nSPS) is 29.2. The van der Waals surface area contributed by atoms with E-state index >= 15 is 0 Å². The summed E-state index contributed by atoms with van der Waals surface area (Å²) in [5, 5.41) is 3.28. The lowest BCUT2D eigenvalue weighted by Crippen LogP contribution is -2.24. The highest BCUT2D eigenvalue weighted by atomic mass is 16.5. The van der Waals surface area contributed by atoms with Crippen molar-refractivity contribution in [2.45, 2.75) is 32.1 Å². The van der Waals surface area contributed by atoms with Gasteiger partial charge in [-0.3, -0.25) is 5.32 Å². The minimum atomic E-state index is -0.00158. The van der Waals surface area contributed by atoms with Crippen LogP contribution in [0.5, 0.6) is 0 Å². The molecule has 1 N–H and O–H groups in total. The van der Waals surface area contributed by atoms with Crippen molar-refractivity contribution in [3.8, 4) is 0 Å². The predicted octanol–water partition coefficient (Wildman–Crippen LogP) is 0.747. The van der Waals surface area contributed by atoms with Crippen LogP contribution in [0.25, 0.3) is 0 Å². The predicted molar refractivity (Wildman–Crippen MR) is 43.4 cm³/mol. The van der Waals surface area contributed by atoms with E-state index in [0.717, 1.165) is 19.6 Å². The quantitative estimate of drug-likeness (QED) is 0.659. The Morgan fingerprint density at radius 1 is 1.64 bits per heavy atom. The molecule has 0 spiro atoms. The van der Waals surface area contributed by atoms with Crippen LogP contribution in [0.2, 0.25) is 0 Å². The summed E-state index contributed by atoms with van der Waals surface area (Å²) in [6.07, 6.45) is 1.12. The van der Waals surface area contributed by atoms with Gasteiger partial charge in [0.2, 0.25) is 0 Å². The Morgan fingerprint density at radius 2 is 2.36 bits per heavy atom. The van der Waals surface area contributed by atoms with Gasteiger partial charge in [0.25, 0.3) is 0 Å². The zero-order valence-electron chi connectivity index (χ0n) is 7.52. The first-order valence-electron chi connectivity index (χ1n) is 4.04. The minimum Gasteiger partial charge on any atom is -0.385 e. The zero-order chi connectivity index (χ0) is 8.32. The Kier molecular flexibility index (Phi) is 2.87. The van der Waals surface area contributed by atoms with Crippen molar-refractivity contribution < 1.29 is 9.47 Å². The first-order chi connectivity index (χ1) is 5.14. The molecule has 11 heavy (non-hydrogen) atoms. The molecule has 0 saturated carbocycles. The molecule has 1 aliphatic heterocycles. The molecule has 1 rings (SSSR count). The van der Waals surface area contributed by atoms with Crippen LogP contribution >= 0.6 is 0 Å². The van der Waals surface area contributed by atoms with Gasteiger partial charge in [-0.1, -0.05) is 0 Å². The molecule has 3 heteroatoms. The smallest absolute Gasteiger partial charge is 0.111 e.